The molecule has 0 bridgehead atoms. The summed E-state index contributed by atoms with van der Waals surface area (Å²) in [7, 11) is 4.72. The monoisotopic (exact) mass is 420 g/mol. The number of ether oxygens (including phenoxy) is 3. The molecule has 0 radical (unpaired) electrons. The minimum atomic E-state index is -0.0493. The molecule has 166 valence electrons. The summed E-state index contributed by atoms with van der Waals surface area (Å²) in [5.41, 5.74) is 0.815. The topological polar surface area (TPSA) is 92.4 Å². The van der Waals surface area contributed by atoms with E-state index in [4.69, 9.17) is 14.2 Å². The number of benzene rings is 1. The van der Waals surface area contributed by atoms with Crippen LogP contribution in [-0.2, 0) is 16.1 Å². The number of hydrogen-bond acceptors (Lipinski definition) is 7. The number of nitrogens with one attached hydrogen (secondary N) is 2. The summed E-state index contributed by atoms with van der Waals surface area (Å²) in [6, 6.07) is 3.95. The summed E-state index contributed by atoms with van der Waals surface area (Å²) in [5, 5.41) is 5.96. The highest BCUT2D eigenvalue weighted by Crippen LogP contribution is 2.34. The molecule has 2 fully saturated rings. The van der Waals surface area contributed by atoms with Crippen molar-refractivity contribution in [1.29, 1.82) is 0 Å². The summed E-state index contributed by atoms with van der Waals surface area (Å²) >= 11 is 0. The first-order valence-corrected chi connectivity index (χ1v) is 10.3. The molecule has 1 saturated carbocycles. The Labute approximate surface area is 177 Å². The van der Waals surface area contributed by atoms with E-state index in [-0.39, 0.29) is 11.8 Å². The Morgan fingerprint density at radius 1 is 0.867 bits per heavy atom. The predicted octanol–water partition coefficient (Wildman–Crippen LogP) is 0.225. The minimum absolute atomic E-state index is 0.0493. The Balaban J connectivity index is 1.42. The number of carbonyl (C=O) groups excluding carboxylic acids is 2. The van der Waals surface area contributed by atoms with Crippen molar-refractivity contribution in [3.8, 4) is 17.2 Å². The van der Waals surface area contributed by atoms with E-state index >= 15 is 0 Å². The number of methoxy groups -OCH3 is 3. The zero-order valence-corrected chi connectivity index (χ0v) is 18.0. The van der Waals surface area contributed by atoms with Crippen LogP contribution >= 0.6 is 0 Å². The average molecular weight is 421 g/mol. The van der Waals surface area contributed by atoms with Crippen LogP contribution < -0.4 is 24.8 Å². The molecule has 1 aromatic rings. The lowest BCUT2D eigenvalue weighted by Gasteiger charge is -2.33. The highest BCUT2D eigenvalue weighted by atomic mass is 16.5. The lowest BCUT2D eigenvalue weighted by molar-refractivity contribution is -0.125. The van der Waals surface area contributed by atoms with Gasteiger partial charge in [-0.25, -0.2) is 0 Å². The molecule has 0 atom stereocenters. The first-order valence-electron chi connectivity index (χ1n) is 10.3. The van der Waals surface area contributed by atoms with Crippen molar-refractivity contribution in [3.05, 3.63) is 17.7 Å². The van der Waals surface area contributed by atoms with Crippen LogP contribution in [0.15, 0.2) is 12.1 Å². The SMILES string of the molecule is COc1cc(OC)c(OC)cc1CNC(=O)CN1CCN(CC(=O)NC2CC2)CC1. The molecule has 1 aromatic carbocycles. The van der Waals surface area contributed by atoms with Gasteiger partial charge in [0.2, 0.25) is 11.8 Å². The van der Waals surface area contributed by atoms with E-state index in [0.29, 0.717) is 42.9 Å². The van der Waals surface area contributed by atoms with Gasteiger partial charge in [0.05, 0.1) is 34.4 Å². The zero-order valence-electron chi connectivity index (χ0n) is 18.0. The van der Waals surface area contributed by atoms with Crippen LogP contribution in [0.2, 0.25) is 0 Å². The molecule has 9 nitrogen and oxygen atoms in total. The van der Waals surface area contributed by atoms with Gasteiger partial charge >= 0.3 is 0 Å². The maximum atomic E-state index is 12.4. The molecule has 9 heteroatoms. The van der Waals surface area contributed by atoms with Crippen molar-refractivity contribution in [3.63, 3.8) is 0 Å². The Bertz CT molecular complexity index is 745. The van der Waals surface area contributed by atoms with E-state index in [1.54, 1.807) is 27.4 Å². The molecule has 0 spiro atoms. The largest absolute Gasteiger partial charge is 0.496 e. The second-order valence-electron chi connectivity index (χ2n) is 7.69. The van der Waals surface area contributed by atoms with Crippen molar-refractivity contribution in [2.45, 2.75) is 25.4 Å². The Morgan fingerprint density at radius 2 is 1.40 bits per heavy atom. The average Bonchev–Trinajstić information content (AvgIpc) is 3.56. The van der Waals surface area contributed by atoms with Gasteiger partial charge in [-0.15, -0.1) is 0 Å². The predicted molar refractivity (Wildman–Crippen MR) is 112 cm³/mol. The van der Waals surface area contributed by atoms with Crippen LogP contribution in [0.1, 0.15) is 18.4 Å². The first-order chi connectivity index (χ1) is 14.5. The van der Waals surface area contributed by atoms with E-state index in [2.05, 4.69) is 20.4 Å². The number of piperazine rings is 1. The Morgan fingerprint density at radius 3 is 1.93 bits per heavy atom. The fourth-order valence-corrected chi connectivity index (χ4v) is 3.49. The van der Waals surface area contributed by atoms with E-state index in [0.717, 1.165) is 44.6 Å². The third-order valence-corrected chi connectivity index (χ3v) is 5.40. The molecule has 1 aliphatic heterocycles. The number of hydrogen-bond donors (Lipinski definition) is 2. The van der Waals surface area contributed by atoms with E-state index < -0.39 is 0 Å². The number of amides is 2. The summed E-state index contributed by atoms with van der Waals surface area (Å²) in [6.07, 6.45) is 2.20. The van der Waals surface area contributed by atoms with Gasteiger partial charge in [-0.1, -0.05) is 0 Å². The van der Waals surface area contributed by atoms with E-state index in [9.17, 15) is 9.59 Å². The van der Waals surface area contributed by atoms with E-state index in [1.165, 1.54) is 0 Å². The second kappa shape index (κ2) is 10.5. The van der Waals surface area contributed by atoms with Crippen LogP contribution in [0.3, 0.4) is 0 Å². The van der Waals surface area contributed by atoms with Gasteiger partial charge in [-0.3, -0.25) is 19.4 Å². The van der Waals surface area contributed by atoms with E-state index in [1.807, 2.05) is 6.07 Å². The zero-order chi connectivity index (χ0) is 21.5. The molecule has 30 heavy (non-hydrogen) atoms. The smallest absolute Gasteiger partial charge is 0.234 e. The van der Waals surface area contributed by atoms with Crippen molar-refractivity contribution in [2.24, 2.45) is 0 Å². The van der Waals surface area contributed by atoms with Crippen molar-refractivity contribution in [2.75, 3.05) is 60.6 Å². The van der Waals surface area contributed by atoms with Crippen LogP contribution in [-0.4, -0.2) is 88.3 Å². The van der Waals surface area contributed by atoms with Crippen LogP contribution in [0, 0.1) is 0 Å². The van der Waals surface area contributed by atoms with Gasteiger partial charge in [0.1, 0.15) is 5.75 Å². The molecule has 0 unspecified atom stereocenters. The Kier molecular flexibility index (Phi) is 7.75. The number of nitrogens with zero attached hydrogens (tertiary/aromatic N) is 2. The number of carbonyl (C=O) groups is 2. The lowest BCUT2D eigenvalue weighted by Crippen LogP contribution is -2.51. The van der Waals surface area contributed by atoms with Gasteiger partial charge in [-0.2, -0.15) is 0 Å². The highest BCUT2D eigenvalue weighted by Gasteiger charge is 2.25. The third kappa shape index (κ3) is 6.24. The molecular weight excluding hydrogens is 388 g/mol. The molecule has 1 saturated heterocycles. The molecule has 2 amide bonds. The fraction of sp³-hybridized carbons (Fsp3) is 0.619. The fourth-order valence-electron chi connectivity index (χ4n) is 3.49. The van der Waals surface area contributed by atoms with Gasteiger partial charge in [0.25, 0.3) is 0 Å². The standard InChI is InChI=1S/C21H32N4O5/c1-28-17-11-19(30-3)18(29-2)10-15(17)12-22-20(26)13-24-6-8-25(9-7-24)14-21(27)23-16-4-5-16/h10-11,16H,4-9,12-14H2,1-3H3,(H,22,26)(H,23,27). The molecule has 2 N–H and O–H groups in total. The van der Waals surface area contributed by atoms with Crippen molar-refractivity contribution < 1.29 is 23.8 Å². The summed E-state index contributed by atoms with van der Waals surface area (Å²) in [6.45, 7) is 4.22. The molecule has 1 aliphatic carbocycles. The van der Waals surface area contributed by atoms with Crippen molar-refractivity contribution >= 4 is 11.8 Å². The van der Waals surface area contributed by atoms with Gasteiger partial charge < -0.3 is 24.8 Å². The molecule has 1 heterocycles. The highest BCUT2D eigenvalue weighted by molar-refractivity contribution is 5.79. The van der Waals surface area contributed by atoms with Gasteiger partial charge in [-0.05, 0) is 18.9 Å². The first kappa shape index (κ1) is 22.2. The van der Waals surface area contributed by atoms with Gasteiger partial charge in [0, 0.05) is 50.4 Å². The third-order valence-electron chi connectivity index (χ3n) is 5.40. The van der Waals surface area contributed by atoms with Crippen LogP contribution in [0.5, 0.6) is 17.2 Å². The van der Waals surface area contributed by atoms with Crippen molar-refractivity contribution in [1.82, 2.24) is 20.4 Å². The van der Waals surface area contributed by atoms with Crippen LogP contribution in [0.4, 0.5) is 0 Å². The minimum Gasteiger partial charge on any atom is -0.496 e. The lowest BCUT2D eigenvalue weighted by atomic mass is 10.1. The van der Waals surface area contributed by atoms with Gasteiger partial charge in [0.15, 0.2) is 11.5 Å². The quantitative estimate of drug-likeness (QED) is 0.560. The Hall–Kier alpha value is -2.52. The normalized spacial score (nSPS) is 17.3. The maximum absolute atomic E-state index is 12.4. The second-order valence-corrected chi connectivity index (χ2v) is 7.69. The maximum Gasteiger partial charge on any atom is 0.234 e. The summed E-state index contributed by atoms with van der Waals surface area (Å²) in [5.74, 6) is 1.85. The summed E-state index contributed by atoms with van der Waals surface area (Å²) < 4.78 is 16.0. The molecule has 2 aliphatic rings. The number of rotatable bonds is 10. The summed E-state index contributed by atoms with van der Waals surface area (Å²) in [4.78, 5) is 28.6. The van der Waals surface area contributed by atoms with Crippen LogP contribution in [0.25, 0.3) is 0 Å². The molecule has 3 rings (SSSR count). The molecular formula is C21H32N4O5. The molecule has 0 aromatic heterocycles.